The minimum absolute atomic E-state index is 0.148. The average Bonchev–Trinajstić information content (AvgIpc) is 3.38. The van der Waals surface area contributed by atoms with Crippen LogP contribution in [-0.2, 0) is 4.79 Å². The molecule has 38 heavy (non-hydrogen) atoms. The Hall–Kier alpha value is -4.02. The normalized spacial score (nSPS) is 11.8. The number of methoxy groups -OCH3 is 2. The number of para-hydroxylation sites is 1. The highest BCUT2D eigenvalue weighted by atomic mass is 32.2. The first-order chi connectivity index (χ1) is 18.6. The number of hydrogen-bond acceptors (Lipinski definition) is 9. The summed E-state index contributed by atoms with van der Waals surface area (Å²) in [6.45, 7) is 1.96. The lowest BCUT2D eigenvalue weighted by Gasteiger charge is -2.14. The molecule has 0 bridgehead atoms. The van der Waals surface area contributed by atoms with Gasteiger partial charge in [0, 0.05) is 11.1 Å². The molecule has 1 unspecified atom stereocenters. The number of hydrogen-bond donors (Lipinski definition) is 1. The number of aromatic nitrogens is 4. The number of nitrogens with zero attached hydrogens (tertiary/aromatic N) is 4. The maximum Gasteiger partial charge on any atom is 0.239 e. The van der Waals surface area contributed by atoms with Gasteiger partial charge >= 0.3 is 0 Å². The Morgan fingerprint density at radius 3 is 2.11 bits per heavy atom. The van der Waals surface area contributed by atoms with Gasteiger partial charge < -0.3 is 14.8 Å². The third-order valence-corrected chi connectivity index (χ3v) is 8.00. The Labute approximate surface area is 228 Å². The van der Waals surface area contributed by atoms with E-state index in [4.69, 9.17) is 14.5 Å². The molecule has 5 rings (SSSR count). The largest absolute Gasteiger partial charge is 0.497 e. The molecule has 3 aromatic carbocycles. The Bertz CT molecular complexity index is 1520. The van der Waals surface area contributed by atoms with Gasteiger partial charge in [0.05, 0.1) is 29.7 Å². The van der Waals surface area contributed by atoms with Gasteiger partial charge in [-0.25, -0.2) is 9.97 Å². The molecule has 0 radical (unpaired) electrons. The van der Waals surface area contributed by atoms with Crippen molar-refractivity contribution in [2.24, 2.45) is 0 Å². The molecule has 0 spiro atoms. The number of fused-ring (bicyclic) bond motifs is 1. The van der Waals surface area contributed by atoms with Crippen LogP contribution in [0, 0.1) is 0 Å². The van der Waals surface area contributed by atoms with Crippen molar-refractivity contribution in [3.05, 3.63) is 72.8 Å². The molecule has 0 fully saturated rings. The lowest BCUT2D eigenvalue weighted by molar-refractivity contribution is -0.115. The summed E-state index contributed by atoms with van der Waals surface area (Å²) in [6, 6.07) is 23.0. The van der Waals surface area contributed by atoms with Crippen LogP contribution in [0.3, 0.4) is 0 Å². The van der Waals surface area contributed by atoms with E-state index in [0.29, 0.717) is 28.1 Å². The van der Waals surface area contributed by atoms with Gasteiger partial charge in [-0.2, -0.15) is 0 Å². The van der Waals surface area contributed by atoms with Gasteiger partial charge in [-0.3, -0.25) is 4.79 Å². The summed E-state index contributed by atoms with van der Waals surface area (Å²) in [5.41, 5.74) is 3.87. The zero-order chi connectivity index (χ0) is 26.5. The Balaban J connectivity index is 1.43. The topological polar surface area (TPSA) is 99.1 Å². The Kier molecular flexibility index (Phi) is 7.81. The second-order valence-corrected chi connectivity index (χ2v) is 10.4. The summed E-state index contributed by atoms with van der Waals surface area (Å²) in [7, 11) is 3.26. The Morgan fingerprint density at radius 1 is 0.868 bits per heavy atom. The highest BCUT2D eigenvalue weighted by molar-refractivity contribution is 8.00. The van der Waals surface area contributed by atoms with Crippen molar-refractivity contribution >= 4 is 44.4 Å². The van der Waals surface area contributed by atoms with E-state index >= 15 is 0 Å². The van der Waals surface area contributed by atoms with E-state index in [1.165, 1.54) is 23.1 Å². The zero-order valence-corrected chi connectivity index (χ0v) is 22.7. The fraction of sp³-hybridized carbons (Fsp3) is 0.179. The number of ether oxygens (including phenoxy) is 2. The number of thiazole rings is 1. The van der Waals surface area contributed by atoms with E-state index in [2.05, 4.69) is 20.5 Å². The summed E-state index contributed by atoms with van der Waals surface area (Å²) in [6.07, 6.45) is 0.586. The standard InChI is InChI=1S/C28H25N5O3S2/c1-4-22(26(34)31-27-29-21-7-5-6-8-23(21)38-27)37-28-30-24(17-9-13-19(35-2)14-10-17)25(32-33-28)18-11-15-20(36-3)16-12-18/h5-16,22H,4H2,1-3H3,(H,29,31,34). The molecule has 0 aliphatic heterocycles. The molecule has 1 amide bonds. The van der Waals surface area contributed by atoms with Crippen molar-refractivity contribution in [1.82, 2.24) is 20.2 Å². The van der Waals surface area contributed by atoms with Crippen LogP contribution in [0.4, 0.5) is 5.13 Å². The van der Waals surface area contributed by atoms with E-state index in [1.807, 2.05) is 79.7 Å². The van der Waals surface area contributed by atoms with Crippen molar-refractivity contribution in [2.45, 2.75) is 23.8 Å². The number of benzene rings is 3. The average molecular weight is 544 g/mol. The van der Waals surface area contributed by atoms with Crippen LogP contribution in [0.1, 0.15) is 13.3 Å². The maximum absolute atomic E-state index is 13.1. The van der Waals surface area contributed by atoms with Gasteiger partial charge in [0.25, 0.3) is 0 Å². The number of rotatable bonds is 9. The number of thioether (sulfide) groups is 1. The van der Waals surface area contributed by atoms with E-state index in [0.717, 1.165) is 32.8 Å². The molecule has 0 saturated carbocycles. The maximum atomic E-state index is 13.1. The van der Waals surface area contributed by atoms with Crippen LogP contribution in [0.2, 0.25) is 0 Å². The highest BCUT2D eigenvalue weighted by Gasteiger charge is 2.23. The molecule has 10 heteroatoms. The number of amides is 1. The van der Waals surface area contributed by atoms with Gasteiger partial charge in [-0.05, 0) is 67.1 Å². The van der Waals surface area contributed by atoms with Crippen molar-refractivity contribution in [2.75, 3.05) is 19.5 Å². The minimum atomic E-state index is -0.417. The smallest absolute Gasteiger partial charge is 0.239 e. The summed E-state index contributed by atoms with van der Waals surface area (Å²) >= 11 is 2.73. The predicted molar refractivity (Wildman–Crippen MR) is 152 cm³/mol. The molecule has 5 aromatic rings. The number of anilines is 1. The van der Waals surface area contributed by atoms with Gasteiger partial charge in [-0.1, -0.05) is 42.2 Å². The quantitative estimate of drug-likeness (QED) is 0.215. The van der Waals surface area contributed by atoms with Crippen molar-refractivity contribution in [3.8, 4) is 34.0 Å². The molecule has 0 aliphatic carbocycles. The molecule has 8 nitrogen and oxygen atoms in total. The second kappa shape index (κ2) is 11.6. The fourth-order valence-corrected chi connectivity index (χ4v) is 5.50. The van der Waals surface area contributed by atoms with Gasteiger partial charge in [0.15, 0.2) is 5.13 Å². The summed E-state index contributed by atoms with van der Waals surface area (Å²) in [4.78, 5) is 22.5. The van der Waals surface area contributed by atoms with Crippen LogP contribution in [-0.4, -0.2) is 45.5 Å². The molecule has 2 aromatic heterocycles. The molecular weight excluding hydrogens is 518 g/mol. The van der Waals surface area contributed by atoms with Crippen molar-refractivity contribution in [3.63, 3.8) is 0 Å². The summed E-state index contributed by atoms with van der Waals surface area (Å²) < 4.78 is 11.6. The van der Waals surface area contributed by atoms with Gasteiger partial charge in [-0.15, -0.1) is 10.2 Å². The van der Waals surface area contributed by atoms with Crippen LogP contribution in [0.5, 0.6) is 11.5 Å². The first kappa shape index (κ1) is 25.6. The van der Waals surface area contributed by atoms with E-state index in [1.54, 1.807) is 14.2 Å². The van der Waals surface area contributed by atoms with Crippen LogP contribution in [0.25, 0.3) is 32.7 Å². The lowest BCUT2D eigenvalue weighted by atomic mass is 10.0. The predicted octanol–water partition coefficient (Wildman–Crippen LogP) is 6.34. The van der Waals surface area contributed by atoms with E-state index in [9.17, 15) is 4.79 Å². The third-order valence-electron chi connectivity index (χ3n) is 5.83. The molecule has 0 saturated heterocycles. The zero-order valence-electron chi connectivity index (χ0n) is 21.0. The van der Waals surface area contributed by atoms with Crippen molar-refractivity contribution < 1.29 is 14.3 Å². The summed E-state index contributed by atoms with van der Waals surface area (Å²) in [5.74, 6) is 1.34. The molecule has 0 aliphatic rings. The number of carbonyl (C=O) groups excluding carboxylic acids is 1. The second-order valence-electron chi connectivity index (χ2n) is 8.24. The SMILES string of the molecule is CCC(Sc1nnc(-c2ccc(OC)cc2)c(-c2ccc(OC)cc2)n1)C(=O)Nc1nc2ccccc2s1. The fourth-order valence-electron chi connectivity index (χ4n) is 3.82. The minimum Gasteiger partial charge on any atom is -0.497 e. The third kappa shape index (κ3) is 5.61. The number of carbonyl (C=O) groups is 1. The van der Waals surface area contributed by atoms with Crippen LogP contribution in [0.15, 0.2) is 78.0 Å². The molecule has 2 heterocycles. The van der Waals surface area contributed by atoms with Gasteiger partial charge in [0.1, 0.15) is 22.9 Å². The Morgan fingerprint density at radius 2 is 1.50 bits per heavy atom. The summed E-state index contributed by atoms with van der Waals surface area (Å²) in [5, 5.41) is 12.4. The van der Waals surface area contributed by atoms with E-state index in [-0.39, 0.29) is 5.91 Å². The lowest BCUT2D eigenvalue weighted by Crippen LogP contribution is -2.24. The molecule has 1 atom stereocenters. The first-order valence-electron chi connectivity index (χ1n) is 11.9. The highest BCUT2D eigenvalue weighted by Crippen LogP contribution is 2.33. The number of nitrogens with one attached hydrogen (secondary N) is 1. The molecular formula is C28H25N5O3S2. The van der Waals surface area contributed by atoms with Crippen LogP contribution >= 0.6 is 23.1 Å². The van der Waals surface area contributed by atoms with Gasteiger partial charge in [0.2, 0.25) is 11.1 Å². The molecule has 192 valence electrons. The first-order valence-corrected chi connectivity index (χ1v) is 13.6. The van der Waals surface area contributed by atoms with E-state index < -0.39 is 5.25 Å². The molecule has 1 N–H and O–H groups in total. The van der Waals surface area contributed by atoms with Crippen molar-refractivity contribution in [1.29, 1.82) is 0 Å². The monoisotopic (exact) mass is 543 g/mol. The van der Waals surface area contributed by atoms with Crippen LogP contribution < -0.4 is 14.8 Å².